The van der Waals surface area contributed by atoms with Crippen molar-refractivity contribution >= 4 is 35.9 Å². The van der Waals surface area contributed by atoms with Gasteiger partial charge in [0.2, 0.25) is 0 Å². The van der Waals surface area contributed by atoms with Crippen LogP contribution < -0.4 is 10.6 Å². The Morgan fingerprint density at radius 2 is 2.05 bits per heavy atom. The minimum absolute atomic E-state index is 0. The van der Waals surface area contributed by atoms with E-state index >= 15 is 0 Å². The van der Waals surface area contributed by atoms with Crippen molar-refractivity contribution in [3.05, 3.63) is 0 Å². The number of halogens is 1. The first-order valence-corrected chi connectivity index (χ1v) is 7.46. The number of carbonyl (C=O) groups excluding carboxylic acids is 1. The van der Waals surface area contributed by atoms with Crippen molar-refractivity contribution in [3.63, 3.8) is 0 Å². The number of rotatable bonds is 6. The van der Waals surface area contributed by atoms with Gasteiger partial charge in [-0.3, -0.25) is 9.79 Å². The molecule has 0 atom stereocenters. The summed E-state index contributed by atoms with van der Waals surface area (Å²) in [5.41, 5.74) is 0. The van der Waals surface area contributed by atoms with E-state index in [1.807, 2.05) is 0 Å². The molecule has 6 nitrogen and oxygen atoms in total. The number of hydrogen-bond donors (Lipinski definition) is 2. The van der Waals surface area contributed by atoms with E-state index in [-0.39, 0.29) is 29.9 Å². The summed E-state index contributed by atoms with van der Waals surface area (Å²) in [4.78, 5) is 17.7. The molecule has 1 fully saturated rings. The lowest BCUT2D eigenvalue weighted by atomic mass is 10.1. The Bertz CT molecular complexity index is 318. The number of piperidine rings is 1. The molecule has 0 aromatic heterocycles. The Kier molecular flexibility index (Phi) is 11.7. The summed E-state index contributed by atoms with van der Waals surface area (Å²) in [5.74, 6) is 0.559. The van der Waals surface area contributed by atoms with E-state index in [2.05, 4.69) is 32.2 Å². The van der Waals surface area contributed by atoms with Crippen LogP contribution in [0.2, 0.25) is 0 Å². The van der Waals surface area contributed by atoms with Crippen molar-refractivity contribution in [3.8, 4) is 0 Å². The molecule has 21 heavy (non-hydrogen) atoms. The fourth-order valence-electron chi connectivity index (χ4n) is 2.39. The summed E-state index contributed by atoms with van der Waals surface area (Å²) in [7, 11) is 3.15. The van der Waals surface area contributed by atoms with Gasteiger partial charge in [-0.25, -0.2) is 0 Å². The second-order valence-corrected chi connectivity index (χ2v) is 5.09. The van der Waals surface area contributed by atoms with Crippen molar-refractivity contribution in [2.24, 2.45) is 4.99 Å². The number of esters is 1. The molecule has 1 rings (SSSR count). The minimum atomic E-state index is -0.208. The Hall–Kier alpha value is -0.570. The topological polar surface area (TPSA) is 66.0 Å². The summed E-state index contributed by atoms with van der Waals surface area (Å²) in [6, 6.07) is 0.465. The van der Waals surface area contributed by atoms with Gasteiger partial charge in [-0.05, 0) is 25.8 Å². The zero-order chi connectivity index (χ0) is 14.8. The zero-order valence-corrected chi connectivity index (χ0v) is 15.7. The predicted molar refractivity (Wildman–Crippen MR) is 96.3 cm³/mol. The van der Waals surface area contributed by atoms with Gasteiger partial charge in [0.25, 0.3) is 0 Å². The second-order valence-electron chi connectivity index (χ2n) is 5.09. The van der Waals surface area contributed by atoms with Crippen LogP contribution in [0.5, 0.6) is 0 Å². The monoisotopic (exact) mass is 412 g/mol. The second kappa shape index (κ2) is 12.0. The van der Waals surface area contributed by atoms with E-state index in [9.17, 15) is 4.79 Å². The lowest BCUT2D eigenvalue weighted by molar-refractivity contribution is -0.140. The third-order valence-corrected chi connectivity index (χ3v) is 3.54. The molecule has 0 aromatic rings. The van der Waals surface area contributed by atoms with Gasteiger partial charge in [-0.15, -0.1) is 24.0 Å². The van der Waals surface area contributed by atoms with Crippen molar-refractivity contribution in [1.82, 2.24) is 15.5 Å². The standard InChI is InChI=1S/C14H28N4O2.HI/c1-4-9-18-10-6-12(7-11-18)17-14(15-2)16-8-5-13(19)20-3;/h12H,4-11H2,1-3H3,(H2,15,16,17);1H. The number of nitrogens with one attached hydrogen (secondary N) is 2. The van der Waals surface area contributed by atoms with Crippen LogP contribution in [0.3, 0.4) is 0 Å². The smallest absolute Gasteiger partial charge is 0.307 e. The van der Waals surface area contributed by atoms with Crippen LogP contribution in [0.25, 0.3) is 0 Å². The minimum Gasteiger partial charge on any atom is -0.469 e. The number of guanidine groups is 1. The average Bonchev–Trinajstić information content (AvgIpc) is 2.48. The SMILES string of the molecule is CCCN1CCC(NC(=NC)NCCC(=O)OC)CC1.I. The third-order valence-electron chi connectivity index (χ3n) is 3.54. The summed E-state index contributed by atoms with van der Waals surface area (Å²) in [6.07, 6.45) is 3.84. The average molecular weight is 412 g/mol. The first-order chi connectivity index (χ1) is 9.69. The molecule has 124 valence electrons. The van der Waals surface area contributed by atoms with Crippen molar-refractivity contribution in [2.45, 2.75) is 38.6 Å². The Morgan fingerprint density at radius 3 is 2.57 bits per heavy atom. The van der Waals surface area contributed by atoms with Gasteiger partial charge in [-0.1, -0.05) is 6.92 Å². The fourth-order valence-corrected chi connectivity index (χ4v) is 2.39. The van der Waals surface area contributed by atoms with Gasteiger partial charge < -0.3 is 20.3 Å². The molecule has 1 saturated heterocycles. The van der Waals surface area contributed by atoms with Gasteiger partial charge in [0, 0.05) is 32.7 Å². The maximum atomic E-state index is 11.0. The summed E-state index contributed by atoms with van der Waals surface area (Å²) >= 11 is 0. The molecule has 0 radical (unpaired) electrons. The highest BCUT2D eigenvalue weighted by Gasteiger charge is 2.19. The highest BCUT2D eigenvalue weighted by Crippen LogP contribution is 2.10. The third kappa shape index (κ3) is 8.45. The lowest BCUT2D eigenvalue weighted by Crippen LogP contribution is -2.49. The van der Waals surface area contributed by atoms with Gasteiger partial charge in [-0.2, -0.15) is 0 Å². The van der Waals surface area contributed by atoms with E-state index < -0.39 is 0 Å². The molecule has 0 aliphatic carbocycles. The van der Waals surface area contributed by atoms with Crippen molar-refractivity contribution in [2.75, 3.05) is 40.3 Å². The molecule has 0 amide bonds. The number of nitrogens with zero attached hydrogens (tertiary/aromatic N) is 2. The molecular formula is C14H29IN4O2. The molecule has 1 aliphatic rings. The number of carbonyl (C=O) groups is 1. The van der Waals surface area contributed by atoms with Gasteiger partial charge in [0.05, 0.1) is 13.5 Å². The van der Waals surface area contributed by atoms with Gasteiger partial charge >= 0.3 is 5.97 Å². The number of aliphatic imine (C=N–C) groups is 1. The molecule has 1 heterocycles. The maximum Gasteiger partial charge on any atom is 0.307 e. The Morgan fingerprint density at radius 1 is 1.38 bits per heavy atom. The quantitative estimate of drug-likeness (QED) is 0.297. The van der Waals surface area contributed by atoms with Crippen molar-refractivity contribution < 1.29 is 9.53 Å². The van der Waals surface area contributed by atoms with E-state index in [0.717, 1.165) is 31.9 Å². The van der Waals surface area contributed by atoms with Crippen LogP contribution in [0, 0.1) is 0 Å². The molecular weight excluding hydrogens is 383 g/mol. The molecule has 0 saturated carbocycles. The number of methoxy groups -OCH3 is 1. The van der Waals surface area contributed by atoms with Crippen LogP contribution in [-0.2, 0) is 9.53 Å². The normalized spacial score (nSPS) is 17.0. The summed E-state index contributed by atoms with van der Waals surface area (Å²) in [5, 5.41) is 6.56. The van der Waals surface area contributed by atoms with Crippen LogP contribution in [0.4, 0.5) is 0 Å². The summed E-state index contributed by atoms with van der Waals surface area (Å²) in [6.45, 7) is 6.24. The Labute approximate surface area is 145 Å². The van der Waals surface area contributed by atoms with Crippen LogP contribution in [-0.4, -0.2) is 63.2 Å². The van der Waals surface area contributed by atoms with E-state index in [4.69, 9.17) is 0 Å². The lowest BCUT2D eigenvalue weighted by Gasteiger charge is -2.32. The van der Waals surface area contributed by atoms with Gasteiger partial charge in [0.15, 0.2) is 5.96 Å². The molecule has 2 N–H and O–H groups in total. The number of hydrogen-bond acceptors (Lipinski definition) is 4. The highest BCUT2D eigenvalue weighted by atomic mass is 127. The van der Waals surface area contributed by atoms with Gasteiger partial charge in [0.1, 0.15) is 0 Å². The number of likely N-dealkylation sites (tertiary alicyclic amines) is 1. The molecule has 1 aliphatic heterocycles. The van der Waals surface area contributed by atoms with E-state index in [1.165, 1.54) is 20.1 Å². The molecule has 0 aromatic carbocycles. The van der Waals surface area contributed by atoms with E-state index in [0.29, 0.717) is 19.0 Å². The summed E-state index contributed by atoms with van der Waals surface area (Å²) < 4.78 is 4.61. The van der Waals surface area contributed by atoms with Crippen LogP contribution in [0.15, 0.2) is 4.99 Å². The zero-order valence-electron chi connectivity index (χ0n) is 13.4. The predicted octanol–water partition coefficient (Wildman–Crippen LogP) is 1.21. The molecule has 0 spiro atoms. The van der Waals surface area contributed by atoms with Crippen LogP contribution >= 0.6 is 24.0 Å². The fraction of sp³-hybridized carbons (Fsp3) is 0.857. The maximum absolute atomic E-state index is 11.0. The number of ether oxygens (including phenoxy) is 1. The van der Waals surface area contributed by atoms with Crippen molar-refractivity contribution in [1.29, 1.82) is 0 Å². The highest BCUT2D eigenvalue weighted by molar-refractivity contribution is 14.0. The first kappa shape index (κ1) is 20.4. The van der Waals surface area contributed by atoms with E-state index in [1.54, 1.807) is 7.05 Å². The molecule has 0 bridgehead atoms. The molecule has 0 unspecified atom stereocenters. The molecule has 7 heteroatoms. The first-order valence-electron chi connectivity index (χ1n) is 7.46. The van der Waals surface area contributed by atoms with Crippen LogP contribution in [0.1, 0.15) is 32.6 Å². The Balaban J connectivity index is 0.00000400. The largest absolute Gasteiger partial charge is 0.469 e.